The number of primary sulfonamides is 1. The molecular formula is C43H51N5O2S. The fourth-order valence-corrected chi connectivity index (χ4v) is 6.00. The summed E-state index contributed by atoms with van der Waals surface area (Å²) in [6.45, 7) is 0. The maximum absolute atomic E-state index is 10.6. The second-order valence-corrected chi connectivity index (χ2v) is 14.7. The highest BCUT2D eigenvalue weighted by Crippen LogP contribution is 2.31. The quantitative estimate of drug-likeness (QED) is 0.150. The van der Waals surface area contributed by atoms with Crippen LogP contribution < -0.4 is 24.7 Å². The molecule has 2 N–H and O–H groups in total. The van der Waals surface area contributed by atoms with Crippen LogP contribution in [0, 0.1) is 0 Å². The number of rotatable bonds is 11. The van der Waals surface area contributed by atoms with Crippen LogP contribution in [0.4, 0.5) is 22.7 Å². The SMILES string of the molecule is CN(C)c1ccc(C(=CCC=C(c2ccc(N(C)C)cc2)c2ccc(N(C)C)cc2)c2ccc(N(C)C)cc2)cc1.NS(=O)(=O)c1ccccc1. The summed E-state index contributed by atoms with van der Waals surface area (Å²) in [5.74, 6) is 0. The highest BCUT2D eigenvalue weighted by molar-refractivity contribution is 7.89. The molecule has 0 amide bonds. The van der Waals surface area contributed by atoms with Crippen LogP contribution in [-0.2, 0) is 10.0 Å². The molecule has 0 aliphatic carbocycles. The van der Waals surface area contributed by atoms with Crippen molar-refractivity contribution in [2.24, 2.45) is 5.14 Å². The first kappa shape index (κ1) is 38.5. The third-order valence-electron chi connectivity index (χ3n) is 8.49. The smallest absolute Gasteiger partial charge is 0.238 e. The van der Waals surface area contributed by atoms with E-state index in [9.17, 15) is 8.42 Å². The summed E-state index contributed by atoms with van der Waals surface area (Å²) in [5, 5.41) is 4.83. The van der Waals surface area contributed by atoms with Gasteiger partial charge >= 0.3 is 0 Å². The first-order valence-corrected chi connectivity index (χ1v) is 18.4. The fraction of sp³-hybridized carbons (Fsp3) is 0.209. The molecule has 0 bridgehead atoms. The zero-order valence-electron chi connectivity index (χ0n) is 31.1. The second-order valence-electron chi connectivity index (χ2n) is 13.1. The maximum atomic E-state index is 10.6. The molecule has 5 rings (SSSR count). The van der Waals surface area contributed by atoms with Gasteiger partial charge in [-0.15, -0.1) is 0 Å². The summed E-state index contributed by atoms with van der Waals surface area (Å²) in [6, 6.07) is 43.2. The number of allylic oxidation sites excluding steroid dienone is 2. The van der Waals surface area contributed by atoms with Gasteiger partial charge < -0.3 is 19.6 Å². The Morgan fingerprint density at radius 2 is 0.706 bits per heavy atom. The van der Waals surface area contributed by atoms with Gasteiger partial charge in [0, 0.05) is 79.1 Å². The van der Waals surface area contributed by atoms with Crippen molar-refractivity contribution in [2.45, 2.75) is 11.3 Å². The average Bonchev–Trinajstić information content (AvgIpc) is 3.12. The van der Waals surface area contributed by atoms with Crippen LogP contribution in [0.3, 0.4) is 0 Å². The van der Waals surface area contributed by atoms with Crippen molar-refractivity contribution >= 4 is 43.9 Å². The summed E-state index contributed by atoms with van der Waals surface area (Å²) >= 11 is 0. The molecule has 8 heteroatoms. The van der Waals surface area contributed by atoms with E-state index in [4.69, 9.17) is 5.14 Å². The molecule has 51 heavy (non-hydrogen) atoms. The average molecular weight is 702 g/mol. The lowest BCUT2D eigenvalue weighted by Crippen LogP contribution is -2.11. The van der Waals surface area contributed by atoms with E-state index < -0.39 is 10.0 Å². The minimum absolute atomic E-state index is 0.148. The van der Waals surface area contributed by atoms with Crippen LogP contribution >= 0.6 is 0 Å². The van der Waals surface area contributed by atoms with E-state index in [0.29, 0.717) is 0 Å². The van der Waals surface area contributed by atoms with Gasteiger partial charge in [-0.3, -0.25) is 0 Å². The van der Waals surface area contributed by atoms with Gasteiger partial charge in [-0.25, -0.2) is 13.6 Å². The van der Waals surface area contributed by atoms with Crippen molar-refractivity contribution < 1.29 is 8.42 Å². The van der Waals surface area contributed by atoms with Gasteiger partial charge in [0.15, 0.2) is 0 Å². The molecule has 0 unspecified atom stereocenters. The van der Waals surface area contributed by atoms with Gasteiger partial charge in [-0.1, -0.05) is 78.9 Å². The standard InChI is InChI=1S/C37H44N4.C6H7NO2S/c1-38(2)32-20-12-28(13-21-32)36(29-14-22-33(23-15-29)39(3)4)10-9-11-37(30-16-24-34(25-17-30)40(5)6)31-18-26-35(27-19-31)41(7)8;7-10(8,9)6-4-2-1-3-5-6/h10-27H,9H2,1-8H3;1-5H,(H2,7,8,9). The Morgan fingerprint density at radius 3 is 0.902 bits per heavy atom. The molecule has 0 spiro atoms. The van der Waals surface area contributed by atoms with E-state index in [1.54, 1.807) is 18.2 Å². The van der Waals surface area contributed by atoms with E-state index in [1.165, 1.54) is 68.3 Å². The molecule has 0 aliphatic rings. The maximum Gasteiger partial charge on any atom is 0.238 e. The fourth-order valence-electron chi connectivity index (χ4n) is 5.47. The first-order valence-electron chi connectivity index (χ1n) is 16.8. The topological polar surface area (TPSA) is 73.1 Å². The van der Waals surface area contributed by atoms with E-state index in [0.717, 1.165) is 6.42 Å². The van der Waals surface area contributed by atoms with Gasteiger partial charge in [-0.2, -0.15) is 0 Å². The van der Waals surface area contributed by atoms with Crippen LogP contribution in [0.25, 0.3) is 11.1 Å². The molecule has 0 aliphatic heterocycles. The Balaban J connectivity index is 0.000000502. The van der Waals surface area contributed by atoms with Crippen molar-refractivity contribution in [3.05, 3.63) is 162 Å². The second kappa shape index (κ2) is 17.6. The van der Waals surface area contributed by atoms with Crippen molar-refractivity contribution in [1.29, 1.82) is 0 Å². The van der Waals surface area contributed by atoms with E-state index in [1.807, 2.05) is 0 Å². The molecule has 0 heterocycles. The van der Waals surface area contributed by atoms with Gasteiger partial charge in [0.1, 0.15) is 0 Å². The minimum Gasteiger partial charge on any atom is -0.378 e. The van der Waals surface area contributed by atoms with Crippen LogP contribution in [0.5, 0.6) is 0 Å². The summed E-state index contributed by atoms with van der Waals surface area (Å²) in [4.78, 5) is 8.69. The van der Waals surface area contributed by atoms with E-state index >= 15 is 0 Å². The lowest BCUT2D eigenvalue weighted by molar-refractivity contribution is 0.598. The third-order valence-corrected chi connectivity index (χ3v) is 9.42. The molecule has 0 fully saturated rings. The van der Waals surface area contributed by atoms with Crippen LogP contribution in [0.15, 0.2) is 144 Å². The summed E-state index contributed by atoms with van der Waals surface area (Å²) in [6.07, 6.45) is 5.52. The number of benzene rings is 5. The predicted octanol–water partition coefficient (Wildman–Crippen LogP) is 8.24. The Kier molecular flexibility index (Phi) is 13.3. The lowest BCUT2D eigenvalue weighted by Gasteiger charge is -2.17. The largest absolute Gasteiger partial charge is 0.378 e. The molecule has 0 atom stereocenters. The van der Waals surface area contributed by atoms with Crippen LogP contribution in [0.1, 0.15) is 28.7 Å². The normalized spacial score (nSPS) is 10.7. The Labute approximate surface area is 305 Å². The number of nitrogens with two attached hydrogens (primary N) is 1. The first-order chi connectivity index (χ1) is 24.2. The van der Waals surface area contributed by atoms with Crippen molar-refractivity contribution in [3.63, 3.8) is 0 Å². The molecule has 0 aromatic heterocycles. The van der Waals surface area contributed by atoms with Crippen LogP contribution in [-0.4, -0.2) is 64.8 Å². The van der Waals surface area contributed by atoms with Crippen molar-refractivity contribution in [1.82, 2.24) is 0 Å². The number of sulfonamides is 1. The number of hydrogen-bond acceptors (Lipinski definition) is 6. The van der Waals surface area contributed by atoms with E-state index in [2.05, 4.69) is 185 Å². The van der Waals surface area contributed by atoms with Gasteiger partial charge in [0.05, 0.1) is 4.90 Å². The molecular weight excluding hydrogens is 651 g/mol. The minimum atomic E-state index is -3.50. The molecule has 0 radical (unpaired) electrons. The Hall–Kier alpha value is -5.31. The Bertz CT molecular complexity index is 1780. The third kappa shape index (κ3) is 10.8. The highest BCUT2D eigenvalue weighted by atomic mass is 32.2. The molecule has 7 nitrogen and oxygen atoms in total. The molecule has 5 aromatic rings. The van der Waals surface area contributed by atoms with Gasteiger partial charge in [0.2, 0.25) is 10.0 Å². The molecule has 266 valence electrons. The summed E-state index contributed by atoms with van der Waals surface area (Å²) in [7, 11) is 13.1. The Morgan fingerprint density at radius 1 is 0.451 bits per heavy atom. The zero-order chi connectivity index (χ0) is 37.1. The van der Waals surface area contributed by atoms with Crippen molar-refractivity contribution in [2.75, 3.05) is 76.0 Å². The van der Waals surface area contributed by atoms with Gasteiger partial charge in [-0.05, 0) is 100 Å². The number of nitrogens with zero attached hydrogens (tertiary/aromatic N) is 4. The van der Waals surface area contributed by atoms with Crippen molar-refractivity contribution in [3.8, 4) is 0 Å². The van der Waals surface area contributed by atoms with E-state index in [-0.39, 0.29) is 4.90 Å². The molecule has 5 aromatic carbocycles. The lowest BCUT2D eigenvalue weighted by atomic mass is 9.94. The molecule has 0 saturated heterocycles. The number of hydrogen-bond donors (Lipinski definition) is 1. The zero-order valence-corrected chi connectivity index (χ0v) is 31.9. The van der Waals surface area contributed by atoms with Crippen LogP contribution in [0.2, 0.25) is 0 Å². The molecule has 0 saturated carbocycles. The van der Waals surface area contributed by atoms with Gasteiger partial charge in [0.25, 0.3) is 0 Å². The highest BCUT2D eigenvalue weighted by Gasteiger charge is 2.10. The monoisotopic (exact) mass is 701 g/mol. The number of anilines is 4. The predicted molar refractivity (Wildman–Crippen MR) is 220 cm³/mol. The summed E-state index contributed by atoms with van der Waals surface area (Å²) < 4.78 is 21.2. The summed E-state index contributed by atoms with van der Waals surface area (Å²) in [5.41, 5.74) is 12.1.